The van der Waals surface area contributed by atoms with Crippen LogP contribution in [0.2, 0.25) is 0 Å². The maximum absolute atomic E-state index is 13.2. The second-order valence-corrected chi connectivity index (χ2v) is 10.6. The van der Waals surface area contributed by atoms with Gasteiger partial charge in [-0.05, 0) is 68.4 Å². The van der Waals surface area contributed by atoms with E-state index >= 15 is 0 Å². The zero-order valence-corrected chi connectivity index (χ0v) is 21.3. The number of esters is 1. The van der Waals surface area contributed by atoms with Crippen LogP contribution in [0.5, 0.6) is 11.5 Å². The molecule has 1 aliphatic heterocycles. The van der Waals surface area contributed by atoms with Crippen molar-refractivity contribution in [1.29, 1.82) is 0 Å². The Morgan fingerprint density at radius 2 is 2.09 bits per heavy atom. The number of thioether (sulfide) groups is 1. The van der Waals surface area contributed by atoms with Gasteiger partial charge in [0.25, 0.3) is 5.91 Å². The molecule has 2 heterocycles. The van der Waals surface area contributed by atoms with Gasteiger partial charge in [-0.25, -0.2) is 4.79 Å². The first kappa shape index (κ1) is 23.9. The first-order valence-electron chi connectivity index (χ1n) is 11.8. The Balaban J connectivity index is 1.32. The topological polar surface area (TPSA) is 78.2 Å². The molecular weight excluding hydrogens is 486 g/mol. The molecule has 0 spiro atoms. The van der Waals surface area contributed by atoms with E-state index in [-0.39, 0.29) is 25.2 Å². The number of rotatable bonds is 8. The lowest BCUT2D eigenvalue weighted by molar-refractivity contribution is -0.145. The molecule has 3 atom stereocenters. The van der Waals surface area contributed by atoms with Crippen molar-refractivity contribution in [2.75, 3.05) is 20.3 Å². The summed E-state index contributed by atoms with van der Waals surface area (Å²) >= 11 is 6.93. The van der Waals surface area contributed by atoms with Crippen molar-refractivity contribution >= 4 is 46.3 Å². The minimum absolute atomic E-state index is 0.0189. The SMILES string of the molecule is CCOC(=O)COc1cc(-c2ccc(/C=C3\SC(=S)N(C4CC5CCC4C5)C3=O)o2)ccc1OC. The Morgan fingerprint density at radius 1 is 1.23 bits per heavy atom. The van der Waals surface area contributed by atoms with Gasteiger partial charge in [-0.3, -0.25) is 9.69 Å². The zero-order chi connectivity index (χ0) is 24.5. The lowest BCUT2D eigenvalue weighted by atomic mass is 9.94. The van der Waals surface area contributed by atoms with Crippen molar-refractivity contribution in [2.24, 2.45) is 11.8 Å². The van der Waals surface area contributed by atoms with Gasteiger partial charge in [0.15, 0.2) is 18.1 Å². The number of carbonyl (C=O) groups excluding carboxylic acids is 2. The number of fused-ring (bicyclic) bond motifs is 2. The summed E-state index contributed by atoms with van der Waals surface area (Å²) in [6.45, 7) is 1.81. The van der Waals surface area contributed by atoms with E-state index in [1.165, 1.54) is 38.1 Å². The molecule has 2 saturated carbocycles. The van der Waals surface area contributed by atoms with Crippen LogP contribution >= 0.6 is 24.0 Å². The van der Waals surface area contributed by atoms with E-state index in [2.05, 4.69) is 0 Å². The zero-order valence-electron chi connectivity index (χ0n) is 19.7. The second kappa shape index (κ2) is 10.1. The maximum Gasteiger partial charge on any atom is 0.344 e. The number of nitrogens with zero attached hydrogens (tertiary/aromatic N) is 1. The van der Waals surface area contributed by atoms with Crippen molar-refractivity contribution in [3.8, 4) is 22.8 Å². The Kier molecular flexibility index (Phi) is 6.88. The number of benzene rings is 1. The molecule has 35 heavy (non-hydrogen) atoms. The summed E-state index contributed by atoms with van der Waals surface area (Å²) in [5, 5.41) is 0. The Hall–Kier alpha value is -2.78. The summed E-state index contributed by atoms with van der Waals surface area (Å²) in [5.74, 6) is 2.91. The third-order valence-electron chi connectivity index (χ3n) is 6.86. The number of hydrogen-bond donors (Lipinski definition) is 0. The molecule has 5 rings (SSSR count). The van der Waals surface area contributed by atoms with E-state index in [1.807, 2.05) is 23.1 Å². The first-order valence-corrected chi connectivity index (χ1v) is 13.0. The maximum atomic E-state index is 13.2. The highest BCUT2D eigenvalue weighted by Gasteiger charge is 2.48. The van der Waals surface area contributed by atoms with Gasteiger partial charge in [-0.15, -0.1) is 0 Å². The number of hydrogen-bond acceptors (Lipinski definition) is 8. The standard InChI is InChI=1S/C26H27NO6S2/c1-3-31-24(28)14-32-22-12-17(6-8-21(22)30-2)20-9-7-18(33-20)13-23-25(29)27(26(34)35-23)19-11-15-4-5-16(19)10-15/h6-9,12-13,15-16,19H,3-5,10-11,14H2,1-2H3/b23-13-. The van der Waals surface area contributed by atoms with Crippen LogP contribution in [0.15, 0.2) is 39.7 Å². The van der Waals surface area contributed by atoms with Crippen molar-refractivity contribution in [3.63, 3.8) is 0 Å². The molecule has 9 heteroatoms. The number of amides is 1. The fourth-order valence-corrected chi connectivity index (χ4v) is 6.64. The minimum atomic E-state index is -0.456. The van der Waals surface area contributed by atoms with E-state index in [0.717, 1.165) is 17.9 Å². The number of furan rings is 1. The average Bonchev–Trinajstić information content (AvgIpc) is 3.63. The van der Waals surface area contributed by atoms with Crippen LogP contribution in [-0.2, 0) is 14.3 Å². The number of carbonyl (C=O) groups is 2. The normalized spacial score (nSPS) is 24.5. The quantitative estimate of drug-likeness (QED) is 0.268. The summed E-state index contributed by atoms with van der Waals surface area (Å²) in [6, 6.07) is 9.23. The lowest BCUT2D eigenvalue weighted by Gasteiger charge is -2.30. The fourth-order valence-electron chi connectivity index (χ4n) is 5.29. The van der Waals surface area contributed by atoms with Crippen molar-refractivity contribution in [2.45, 2.75) is 38.6 Å². The van der Waals surface area contributed by atoms with Crippen LogP contribution in [0.1, 0.15) is 38.4 Å². The monoisotopic (exact) mass is 513 g/mol. The lowest BCUT2D eigenvalue weighted by Crippen LogP contribution is -2.41. The van der Waals surface area contributed by atoms with E-state index in [0.29, 0.717) is 38.2 Å². The van der Waals surface area contributed by atoms with Gasteiger partial charge in [0.1, 0.15) is 15.8 Å². The van der Waals surface area contributed by atoms with Gasteiger partial charge in [0.2, 0.25) is 0 Å². The summed E-state index contributed by atoms with van der Waals surface area (Å²) in [7, 11) is 1.53. The van der Waals surface area contributed by atoms with Gasteiger partial charge < -0.3 is 18.6 Å². The number of methoxy groups -OCH3 is 1. The van der Waals surface area contributed by atoms with Gasteiger partial charge >= 0.3 is 5.97 Å². The predicted octanol–water partition coefficient (Wildman–Crippen LogP) is 5.29. The van der Waals surface area contributed by atoms with Gasteiger partial charge in [0.05, 0.1) is 18.6 Å². The third-order valence-corrected chi connectivity index (χ3v) is 8.19. The molecule has 3 unspecified atom stereocenters. The molecule has 184 valence electrons. The Morgan fingerprint density at radius 3 is 2.80 bits per heavy atom. The number of ether oxygens (including phenoxy) is 3. The molecule has 1 aromatic carbocycles. The predicted molar refractivity (Wildman–Crippen MR) is 137 cm³/mol. The summed E-state index contributed by atoms with van der Waals surface area (Å²) in [6.07, 6.45) is 6.52. The highest BCUT2D eigenvalue weighted by atomic mass is 32.2. The fraction of sp³-hybridized carbons (Fsp3) is 0.423. The van der Waals surface area contributed by atoms with Crippen molar-refractivity contribution < 1.29 is 28.2 Å². The van der Waals surface area contributed by atoms with E-state index < -0.39 is 5.97 Å². The van der Waals surface area contributed by atoms with Crippen molar-refractivity contribution in [3.05, 3.63) is 41.0 Å². The molecule has 3 fully saturated rings. The summed E-state index contributed by atoms with van der Waals surface area (Å²) < 4.78 is 22.5. The summed E-state index contributed by atoms with van der Waals surface area (Å²) in [4.78, 5) is 27.3. The molecule has 0 N–H and O–H groups in total. The average molecular weight is 514 g/mol. The molecule has 1 aromatic heterocycles. The highest BCUT2D eigenvalue weighted by Crippen LogP contribution is 2.49. The molecule has 2 aliphatic carbocycles. The molecule has 2 aromatic rings. The van der Waals surface area contributed by atoms with Crippen LogP contribution in [0.4, 0.5) is 0 Å². The highest BCUT2D eigenvalue weighted by molar-refractivity contribution is 8.26. The Bertz CT molecular complexity index is 1190. The molecule has 2 bridgehead atoms. The summed E-state index contributed by atoms with van der Waals surface area (Å²) in [5.41, 5.74) is 0.749. The Labute approximate surface area is 213 Å². The van der Waals surface area contributed by atoms with Crippen LogP contribution < -0.4 is 9.47 Å². The van der Waals surface area contributed by atoms with Gasteiger partial charge in [-0.1, -0.05) is 30.4 Å². The van der Waals surface area contributed by atoms with Crippen LogP contribution in [-0.4, -0.2) is 47.5 Å². The smallest absolute Gasteiger partial charge is 0.344 e. The minimum Gasteiger partial charge on any atom is -0.493 e. The molecule has 1 amide bonds. The molecule has 3 aliphatic rings. The van der Waals surface area contributed by atoms with E-state index in [4.69, 9.17) is 30.8 Å². The van der Waals surface area contributed by atoms with Crippen LogP contribution in [0, 0.1) is 11.8 Å². The molecule has 1 saturated heterocycles. The molecule has 0 radical (unpaired) electrons. The van der Waals surface area contributed by atoms with Gasteiger partial charge in [-0.2, -0.15) is 0 Å². The van der Waals surface area contributed by atoms with Crippen molar-refractivity contribution in [1.82, 2.24) is 4.90 Å². The van der Waals surface area contributed by atoms with Crippen LogP contribution in [0.3, 0.4) is 0 Å². The first-order chi connectivity index (χ1) is 17.0. The third kappa shape index (κ3) is 4.84. The van der Waals surface area contributed by atoms with Gasteiger partial charge in [0, 0.05) is 17.7 Å². The van der Waals surface area contributed by atoms with E-state index in [1.54, 1.807) is 25.1 Å². The second-order valence-electron chi connectivity index (χ2n) is 8.96. The largest absolute Gasteiger partial charge is 0.493 e. The number of thiocarbonyl (C=S) groups is 1. The van der Waals surface area contributed by atoms with Crippen LogP contribution in [0.25, 0.3) is 17.4 Å². The molecular formula is C26H27NO6S2. The van der Waals surface area contributed by atoms with E-state index in [9.17, 15) is 9.59 Å². The molecule has 7 nitrogen and oxygen atoms in total.